The molecule has 0 aliphatic carbocycles. The quantitative estimate of drug-likeness (QED) is 0.427. The van der Waals surface area contributed by atoms with Gasteiger partial charge >= 0.3 is 0 Å². The summed E-state index contributed by atoms with van der Waals surface area (Å²) < 4.78 is 61.3. The molecule has 2 amide bonds. The number of hydrogen-bond acceptors (Lipinski definition) is 7. The van der Waals surface area contributed by atoms with E-state index in [0.29, 0.717) is 11.4 Å². The number of rotatable bonds is 8. The highest BCUT2D eigenvalue weighted by atomic mass is 32.2. The minimum absolute atomic E-state index is 0.0710. The van der Waals surface area contributed by atoms with E-state index in [-0.39, 0.29) is 45.8 Å². The Balaban J connectivity index is 1.49. The number of hydrogen-bond donors (Lipinski definition) is 2. The van der Waals surface area contributed by atoms with Crippen LogP contribution in [0.25, 0.3) is 0 Å². The number of imide groups is 1. The maximum Gasteiger partial charge on any atom is 0.262 e. The van der Waals surface area contributed by atoms with Gasteiger partial charge in [0.1, 0.15) is 5.75 Å². The Labute approximate surface area is 209 Å². The van der Waals surface area contributed by atoms with E-state index >= 15 is 0 Å². The highest BCUT2D eigenvalue weighted by molar-refractivity contribution is 7.93. The molecule has 0 radical (unpaired) electrons. The molecule has 10 nitrogen and oxygen atoms in total. The van der Waals surface area contributed by atoms with Crippen LogP contribution in [0.3, 0.4) is 0 Å². The number of methoxy groups -OCH3 is 1. The molecule has 12 heteroatoms. The van der Waals surface area contributed by atoms with Crippen LogP contribution in [0.2, 0.25) is 0 Å². The standard InChI is InChI=1S/C24H23N3O7S2/c1-16-3-12-22(34-2)21(15-16)26-36(32,33)19-8-4-17(5-9-19)25-35(30,31)20-10-6-18(7-11-20)27-23(28)13-14-24(27)29/h3-12,15,25-26H,13-14H2,1-2H3. The fourth-order valence-electron chi connectivity index (χ4n) is 3.66. The van der Waals surface area contributed by atoms with Crippen LogP contribution in [0.4, 0.5) is 17.1 Å². The summed E-state index contributed by atoms with van der Waals surface area (Å²) in [6.07, 6.45) is 0.250. The average molecular weight is 530 g/mol. The summed E-state index contributed by atoms with van der Waals surface area (Å²) in [7, 11) is -6.54. The highest BCUT2D eigenvalue weighted by Crippen LogP contribution is 2.29. The Bertz CT molecular complexity index is 1520. The molecule has 1 aliphatic rings. The number of nitrogens with zero attached hydrogens (tertiary/aromatic N) is 1. The van der Waals surface area contributed by atoms with Crippen LogP contribution in [-0.4, -0.2) is 35.8 Å². The summed E-state index contributed by atoms with van der Waals surface area (Å²) in [4.78, 5) is 24.6. The maximum atomic E-state index is 12.8. The first-order valence-electron chi connectivity index (χ1n) is 10.8. The summed E-state index contributed by atoms with van der Waals surface area (Å²) >= 11 is 0. The van der Waals surface area contributed by atoms with E-state index in [4.69, 9.17) is 4.74 Å². The monoisotopic (exact) mass is 529 g/mol. The van der Waals surface area contributed by atoms with Crippen molar-refractivity contribution in [2.75, 3.05) is 21.5 Å². The van der Waals surface area contributed by atoms with Crippen molar-refractivity contribution < 1.29 is 31.2 Å². The first-order chi connectivity index (χ1) is 17.0. The smallest absolute Gasteiger partial charge is 0.262 e. The van der Waals surface area contributed by atoms with Gasteiger partial charge in [-0.15, -0.1) is 0 Å². The van der Waals surface area contributed by atoms with E-state index in [1.54, 1.807) is 18.2 Å². The number of nitrogens with one attached hydrogen (secondary N) is 2. The van der Waals surface area contributed by atoms with Crippen LogP contribution in [-0.2, 0) is 29.6 Å². The zero-order chi connectivity index (χ0) is 26.1. The third-order valence-electron chi connectivity index (χ3n) is 5.47. The van der Waals surface area contributed by atoms with Crippen molar-refractivity contribution in [3.8, 4) is 5.75 Å². The molecule has 0 spiro atoms. The Hall–Kier alpha value is -3.90. The molecule has 0 aromatic heterocycles. The second kappa shape index (κ2) is 9.63. The van der Waals surface area contributed by atoms with Gasteiger partial charge in [-0.1, -0.05) is 6.07 Å². The molecule has 1 heterocycles. The molecule has 1 fully saturated rings. The molecule has 36 heavy (non-hydrogen) atoms. The highest BCUT2D eigenvalue weighted by Gasteiger charge is 2.30. The van der Waals surface area contributed by atoms with Gasteiger partial charge in [0.15, 0.2) is 0 Å². The van der Waals surface area contributed by atoms with Gasteiger partial charge in [-0.3, -0.25) is 23.9 Å². The van der Waals surface area contributed by atoms with Crippen LogP contribution in [0.5, 0.6) is 5.75 Å². The van der Waals surface area contributed by atoms with Crippen molar-refractivity contribution >= 4 is 48.9 Å². The van der Waals surface area contributed by atoms with Gasteiger partial charge in [-0.25, -0.2) is 16.8 Å². The molecule has 0 atom stereocenters. The molecule has 1 aliphatic heterocycles. The second-order valence-electron chi connectivity index (χ2n) is 8.06. The number of carbonyl (C=O) groups is 2. The van der Waals surface area contributed by atoms with E-state index in [1.807, 2.05) is 6.92 Å². The summed E-state index contributed by atoms with van der Waals surface area (Å²) in [6.45, 7) is 1.82. The zero-order valence-electron chi connectivity index (χ0n) is 19.4. The second-order valence-corrected chi connectivity index (χ2v) is 11.4. The Kier molecular flexibility index (Phi) is 6.74. The molecule has 0 saturated carbocycles. The summed E-state index contributed by atoms with van der Waals surface area (Å²) in [6, 6.07) is 15.6. The van der Waals surface area contributed by atoms with Crippen molar-refractivity contribution in [1.29, 1.82) is 0 Å². The Morgan fingerprint density at radius 3 is 1.83 bits per heavy atom. The van der Waals surface area contributed by atoms with E-state index in [9.17, 15) is 26.4 Å². The molecule has 0 unspecified atom stereocenters. The fraction of sp³-hybridized carbons (Fsp3) is 0.167. The zero-order valence-corrected chi connectivity index (χ0v) is 21.0. The van der Waals surface area contributed by atoms with Gasteiger partial charge in [0.05, 0.1) is 28.3 Å². The number of amides is 2. The van der Waals surface area contributed by atoms with Gasteiger partial charge in [0.2, 0.25) is 11.8 Å². The number of anilines is 3. The van der Waals surface area contributed by atoms with Gasteiger partial charge in [0, 0.05) is 18.5 Å². The minimum atomic E-state index is -4.01. The van der Waals surface area contributed by atoms with Crippen LogP contribution in [0, 0.1) is 6.92 Å². The summed E-state index contributed by atoms with van der Waals surface area (Å²) in [5, 5.41) is 0. The van der Waals surface area contributed by atoms with E-state index in [1.165, 1.54) is 55.6 Å². The maximum absolute atomic E-state index is 12.8. The van der Waals surface area contributed by atoms with Gasteiger partial charge in [-0.2, -0.15) is 0 Å². The third kappa shape index (κ3) is 5.19. The van der Waals surface area contributed by atoms with Crippen molar-refractivity contribution in [1.82, 2.24) is 0 Å². The molecular weight excluding hydrogens is 506 g/mol. The lowest BCUT2D eigenvalue weighted by molar-refractivity contribution is -0.121. The lowest BCUT2D eigenvalue weighted by atomic mass is 10.2. The van der Waals surface area contributed by atoms with Crippen LogP contribution in [0.15, 0.2) is 76.5 Å². The molecule has 0 bridgehead atoms. The first kappa shape index (κ1) is 25.2. The van der Waals surface area contributed by atoms with E-state index in [2.05, 4.69) is 9.44 Å². The number of benzene rings is 3. The van der Waals surface area contributed by atoms with Gasteiger partial charge in [0.25, 0.3) is 20.0 Å². The Morgan fingerprint density at radius 1 is 0.750 bits per heavy atom. The normalized spacial score (nSPS) is 14.1. The number of sulfonamides is 2. The van der Waals surface area contributed by atoms with Gasteiger partial charge in [-0.05, 0) is 73.2 Å². The lowest BCUT2D eigenvalue weighted by Crippen LogP contribution is -2.28. The van der Waals surface area contributed by atoms with E-state index in [0.717, 1.165) is 10.5 Å². The fourth-order valence-corrected chi connectivity index (χ4v) is 5.78. The molecule has 4 rings (SSSR count). The van der Waals surface area contributed by atoms with Crippen molar-refractivity contribution in [2.24, 2.45) is 0 Å². The molecule has 2 N–H and O–H groups in total. The van der Waals surface area contributed by atoms with Crippen LogP contribution in [0.1, 0.15) is 18.4 Å². The molecule has 3 aromatic carbocycles. The first-order valence-corrected chi connectivity index (χ1v) is 13.7. The van der Waals surface area contributed by atoms with Gasteiger partial charge < -0.3 is 4.74 Å². The number of aryl methyl sites for hydroxylation is 1. The SMILES string of the molecule is COc1ccc(C)cc1NS(=O)(=O)c1ccc(NS(=O)(=O)c2ccc(N3C(=O)CCC3=O)cc2)cc1. The topological polar surface area (TPSA) is 139 Å². The summed E-state index contributed by atoms with van der Waals surface area (Å²) in [5.74, 6) is -0.309. The van der Waals surface area contributed by atoms with Crippen molar-refractivity contribution in [2.45, 2.75) is 29.6 Å². The van der Waals surface area contributed by atoms with Crippen LogP contribution >= 0.6 is 0 Å². The third-order valence-corrected chi connectivity index (χ3v) is 8.25. The predicted octanol–water partition coefficient (Wildman–Crippen LogP) is 3.26. The summed E-state index contributed by atoms with van der Waals surface area (Å²) in [5.41, 5.74) is 1.57. The predicted molar refractivity (Wildman–Crippen MR) is 134 cm³/mol. The molecule has 188 valence electrons. The molecule has 1 saturated heterocycles. The largest absolute Gasteiger partial charge is 0.495 e. The van der Waals surface area contributed by atoms with Crippen LogP contribution < -0.4 is 19.1 Å². The molecule has 3 aromatic rings. The number of ether oxygens (including phenoxy) is 1. The number of carbonyl (C=O) groups excluding carboxylic acids is 2. The van der Waals surface area contributed by atoms with Crippen molar-refractivity contribution in [3.63, 3.8) is 0 Å². The van der Waals surface area contributed by atoms with Crippen molar-refractivity contribution in [3.05, 3.63) is 72.3 Å². The lowest BCUT2D eigenvalue weighted by Gasteiger charge is -2.15. The average Bonchev–Trinajstić information content (AvgIpc) is 3.17. The minimum Gasteiger partial charge on any atom is -0.495 e. The van der Waals surface area contributed by atoms with E-state index < -0.39 is 20.0 Å². The Morgan fingerprint density at radius 2 is 1.28 bits per heavy atom. The molecular formula is C24H23N3O7S2.